The van der Waals surface area contributed by atoms with Crippen LogP contribution in [-0.4, -0.2) is 222 Å². The van der Waals surface area contributed by atoms with Gasteiger partial charge in [-0.1, -0.05) is 76.2 Å². The topological polar surface area (TPSA) is 55.4 Å². The predicted molar refractivity (Wildman–Crippen MR) is 330 cm³/mol. The minimum absolute atomic E-state index is 0.0278. The number of methoxy groups -OCH3 is 6. The van der Waals surface area contributed by atoms with Crippen LogP contribution in [0.2, 0.25) is 0 Å². The van der Waals surface area contributed by atoms with Gasteiger partial charge in [0.15, 0.2) is 13.7 Å². The zero-order chi connectivity index (χ0) is 102. The van der Waals surface area contributed by atoms with Crippen LogP contribution < -0.4 is 0 Å². The first-order valence-corrected chi connectivity index (χ1v) is 28.4. The summed E-state index contributed by atoms with van der Waals surface area (Å²) < 4.78 is 567. The van der Waals surface area contributed by atoms with E-state index in [0.717, 1.165) is 28.1 Å². The first-order chi connectivity index (χ1) is 51.0. The van der Waals surface area contributed by atoms with E-state index in [4.69, 9.17) is 0 Å². The Morgan fingerprint density at radius 1 is 0.307 bits per heavy atom. The van der Waals surface area contributed by atoms with E-state index in [0.29, 0.717) is 27.9 Å². The Hall–Kier alpha value is -4.02. The molecule has 0 spiro atoms. The van der Waals surface area contributed by atoms with Gasteiger partial charge in [-0.3, -0.25) is 39.9 Å². The Bertz CT molecular complexity index is 930. The standard InChI is InChI=1S/C3H5F3O.C3H5F3.C3H6F2.C3H7F.C2H3F3O.C2H3F3.C2H4F2O.C2H4F2.2C2H5FO.5C2H5F.C2H6O.4C2H6.4CF4.2CHF3.2CH2F2.2CH3F/c1-7-2-3(4,5)6;1-2-3(4,5)6;1-2-3(4)5;1-2-3-4;1-6-2(3,4)5;1-2(3,4)5;1-5-2(3)4;1-2(3)4;2*1-4-2-3;5*1-2-3;1-3-2;4*1-2;4*2-1(3,4)5;2*2-1(3)4;2*2-1-3;2*1-2/h2H2,1H3;2H2,1H3;3H,2H2,1H3;2-3H2,1H3;1H3;1H3;2H,1H3;2H,1H3;2*2H2,1H3;5*2H2,1H3;1-2H3;4*1-2H3;;;;;2*1H;2*1H2;2*1H3. The van der Waals surface area contributed by atoms with Crippen molar-refractivity contribution in [3.05, 3.63) is 0 Å². The van der Waals surface area contributed by atoms with Gasteiger partial charge in [0.2, 0.25) is 26.7 Å². The highest BCUT2D eigenvalue weighted by Crippen LogP contribution is 2.18. The molecule has 0 saturated carbocycles. The van der Waals surface area contributed by atoms with Crippen molar-refractivity contribution in [3.8, 4) is 0 Å². The fourth-order valence-corrected chi connectivity index (χ4v) is 0.164. The molecule has 0 heterocycles. The van der Waals surface area contributed by atoms with E-state index in [9.17, 15) is 237 Å². The molecular formula is C54H114F54O6. The Morgan fingerprint density at radius 2 is 0.386 bits per heavy atom. The van der Waals surface area contributed by atoms with Crippen LogP contribution in [0.15, 0.2) is 0 Å². The second-order valence-electron chi connectivity index (χ2n) is 10.9. The Balaban J connectivity index is -0.0000000230. The van der Waals surface area contributed by atoms with Crippen LogP contribution in [0.3, 0.4) is 0 Å². The lowest BCUT2D eigenvalue weighted by atomic mass is 10.5. The van der Waals surface area contributed by atoms with E-state index in [1.165, 1.54) is 55.8 Å². The third-order valence-electron chi connectivity index (χ3n) is 1.83. The zero-order valence-corrected chi connectivity index (χ0v) is 66.6. The van der Waals surface area contributed by atoms with E-state index in [1.807, 2.05) is 55.4 Å². The summed E-state index contributed by atoms with van der Waals surface area (Å²) in [7, 11) is 9.40. The molecule has 744 valence electrons. The number of ether oxygens (including phenoxy) is 6. The average Bonchev–Trinajstić information content (AvgIpc) is 1.02. The maximum atomic E-state index is 10.9. The molecule has 114 heavy (non-hydrogen) atoms. The van der Waals surface area contributed by atoms with Crippen molar-refractivity contribution in [1.29, 1.82) is 0 Å². The van der Waals surface area contributed by atoms with Gasteiger partial charge in [-0.05, 0) is 48.0 Å². The van der Waals surface area contributed by atoms with Gasteiger partial charge in [-0.25, -0.2) is 43.9 Å². The molecule has 0 aliphatic rings. The van der Waals surface area contributed by atoms with Gasteiger partial charge in [0.05, 0.1) is 54.4 Å². The Kier molecular flexibility index (Phi) is 365. The monoisotopic (exact) mass is 1880 g/mol. The molecule has 0 aromatic carbocycles. The summed E-state index contributed by atoms with van der Waals surface area (Å²) in [4.78, 5) is 0. The van der Waals surface area contributed by atoms with Crippen molar-refractivity contribution in [2.24, 2.45) is 0 Å². The number of hydrogen-bond acceptors (Lipinski definition) is 6. The molecule has 0 unspecified atom stereocenters. The molecule has 6 nitrogen and oxygen atoms in total. The lowest BCUT2D eigenvalue weighted by Crippen LogP contribution is -2.14. The fraction of sp³-hybridized carbons (Fsp3) is 1.00. The second kappa shape index (κ2) is 204. The molecule has 0 aromatic rings. The Labute approximate surface area is 631 Å². The molecule has 0 amide bonds. The van der Waals surface area contributed by atoms with Gasteiger partial charge in [0, 0.05) is 69.5 Å². The van der Waals surface area contributed by atoms with E-state index in [-0.39, 0.29) is 53.4 Å². The van der Waals surface area contributed by atoms with Gasteiger partial charge in [0.1, 0.15) is 6.61 Å². The summed E-state index contributed by atoms with van der Waals surface area (Å²) >= 11 is 0. The fourth-order valence-electron chi connectivity index (χ4n) is 0.164. The summed E-state index contributed by atoms with van der Waals surface area (Å²) in [6.07, 6.45) is -43.0. The predicted octanol–water partition coefficient (Wildman–Crippen LogP) is 32.6. The molecular weight excluding hydrogens is 1770 g/mol. The van der Waals surface area contributed by atoms with Crippen LogP contribution in [0, 0.1) is 0 Å². The second-order valence-corrected chi connectivity index (χ2v) is 10.9. The van der Waals surface area contributed by atoms with Gasteiger partial charge < -0.3 is 23.7 Å². The molecule has 0 aromatic heterocycles. The average molecular weight is 1890 g/mol. The van der Waals surface area contributed by atoms with Crippen molar-refractivity contribution in [2.75, 3.05) is 138 Å². The van der Waals surface area contributed by atoms with Gasteiger partial charge in [-0.15, -0.1) is 83.4 Å². The van der Waals surface area contributed by atoms with Gasteiger partial charge in [-0.2, -0.15) is 74.6 Å². The quantitative estimate of drug-likeness (QED) is 0.247. The van der Waals surface area contributed by atoms with Crippen LogP contribution in [0.1, 0.15) is 144 Å². The first kappa shape index (κ1) is 204. The summed E-state index contributed by atoms with van der Waals surface area (Å²) in [6, 6.07) is 0. The molecule has 0 fully saturated rings. The van der Waals surface area contributed by atoms with Crippen LogP contribution in [0.25, 0.3) is 0 Å². The van der Waals surface area contributed by atoms with Gasteiger partial charge in [0.25, 0.3) is 0 Å². The van der Waals surface area contributed by atoms with E-state index in [2.05, 4.69) is 28.4 Å². The van der Waals surface area contributed by atoms with Crippen LogP contribution >= 0.6 is 0 Å². The lowest BCUT2D eigenvalue weighted by Gasteiger charge is -2.01. The molecule has 0 atom stereocenters. The van der Waals surface area contributed by atoms with Crippen LogP contribution in [0.4, 0.5) is 237 Å². The molecule has 0 aliphatic heterocycles. The van der Waals surface area contributed by atoms with Crippen LogP contribution in [-0.2, 0) is 28.4 Å². The third kappa shape index (κ3) is 7330. The van der Waals surface area contributed by atoms with Crippen molar-refractivity contribution in [1.82, 2.24) is 0 Å². The van der Waals surface area contributed by atoms with Gasteiger partial charge >= 0.3 is 70.6 Å². The van der Waals surface area contributed by atoms with E-state index in [1.54, 1.807) is 21.1 Å². The maximum Gasteiger partial charge on any atom is 0.559 e. The highest BCUT2D eigenvalue weighted by molar-refractivity contribution is 4.42. The highest BCUT2D eigenvalue weighted by Gasteiger charge is 2.28. The summed E-state index contributed by atoms with van der Waals surface area (Å²) in [5, 5.41) is 0. The number of rotatable bonds is 6. The largest absolute Gasteiger partial charge is 0.559 e. The maximum absolute atomic E-state index is 10.9. The highest BCUT2D eigenvalue weighted by atomic mass is 19.6. The molecule has 0 rings (SSSR count). The number of alkyl halides is 54. The Morgan fingerprint density at radius 3 is 0.386 bits per heavy atom. The first-order valence-electron chi connectivity index (χ1n) is 28.4. The minimum atomic E-state index is -5.50. The van der Waals surface area contributed by atoms with Crippen molar-refractivity contribution >= 4 is 0 Å². The van der Waals surface area contributed by atoms with Crippen molar-refractivity contribution in [3.63, 3.8) is 0 Å². The van der Waals surface area contributed by atoms with Crippen molar-refractivity contribution in [2.45, 2.75) is 227 Å². The molecule has 0 saturated heterocycles. The SMILES string of the molecule is CC.CC.CC.CC.CC(F)(F)F.CC(F)F.CCC(F)(F)F.CCC(F)F.CCCF.CCF.CCF.CCF.CCF.CCF.CF.CF.COC.COC(F)(F)F.COC(F)F.COCC(F)(F)F.COCF.COCF.FC(F)(F)F.FC(F)(F)F.FC(F)(F)F.FC(F)(F)F.FC(F)F.FC(F)F.FCF.FCF. The molecule has 0 radical (unpaired) electrons. The molecule has 60 heteroatoms. The van der Waals surface area contributed by atoms with E-state index < -0.39 is 124 Å². The zero-order valence-electron chi connectivity index (χ0n) is 66.6. The number of hydrogen-bond donors (Lipinski definition) is 0. The normalized spacial score (nSPS) is 8.79. The number of halogens is 54. The molecule has 0 aliphatic carbocycles. The smallest absolute Gasteiger partial charge is 0.388 e. The van der Waals surface area contributed by atoms with Crippen LogP contribution in [0.5, 0.6) is 0 Å². The molecule has 0 N–H and O–H groups in total. The summed E-state index contributed by atoms with van der Waals surface area (Å²) in [5.74, 6) is 0. The van der Waals surface area contributed by atoms with E-state index >= 15 is 0 Å². The minimum Gasteiger partial charge on any atom is -0.388 e. The summed E-state index contributed by atoms with van der Waals surface area (Å²) in [6.45, 7) is 11.2. The lowest BCUT2D eigenvalue weighted by molar-refractivity contribution is -0.311. The van der Waals surface area contributed by atoms with Crippen molar-refractivity contribution < 1.29 is 266 Å². The summed E-state index contributed by atoms with van der Waals surface area (Å²) in [5.41, 5.74) is 0. The third-order valence-corrected chi connectivity index (χ3v) is 1.83. The molecule has 0 bridgehead atoms.